The van der Waals surface area contributed by atoms with Gasteiger partial charge in [-0.25, -0.2) is 4.79 Å². The third-order valence-electron chi connectivity index (χ3n) is 4.31. The summed E-state index contributed by atoms with van der Waals surface area (Å²) < 4.78 is 16.3. The largest absolute Gasteiger partial charge is 0.489 e. The predicted octanol–water partition coefficient (Wildman–Crippen LogP) is 5.35. The summed E-state index contributed by atoms with van der Waals surface area (Å²) in [6.45, 7) is 0.440. The molecule has 0 amide bonds. The lowest BCUT2D eigenvalue weighted by Crippen LogP contribution is -2.01. The number of nitroso groups, excluding NO2 is 1. The van der Waals surface area contributed by atoms with Gasteiger partial charge in [0.2, 0.25) is 0 Å². The molecule has 1 heterocycles. The fraction of sp³-hybridized carbons (Fsp3) is 0.0952. The van der Waals surface area contributed by atoms with Gasteiger partial charge in [-0.1, -0.05) is 30.3 Å². The summed E-state index contributed by atoms with van der Waals surface area (Å²) in [6.07, 6.45) is 0. The van der Waals surface area contributed by atoms with E-state index in [1.165, 1.54) is 19.2 Å². The van der Waals surface area contributed by atoms with Crippen LogP contribution < -0.4 is 4.74 Å². The molecule has 3 aromatic carbocycles. The van der Waals surface area contributed by atoms with E-state index in [0.717, 1.165) is 10.9 Å². The molecule has 0 aliphatic carbocycles. The van der Waals surface area contributed by atoms with Gasteiger partial charge < -0.3 is 13.9 Å². The van der Waals surface area contributed by atoms with Crippen LogP contribution in [0.4, 0.5) is 5.69 Å². The van der Waals surface area contributed by atoms with Crippen LogP contribution in [0.25, 0.3) is 21.9 Å². The first-order valence-corrected chi connectivity index (χ1v) is 8.28. The van der Waals surface area contributed by atoms with Gasteiger partial charge in [-0.3, -0.25) is 0 Å². The van der Waals surface area contributed by atoms with Gasteiger partial charge in [0, 0.05) is 10.8 Å². The number of carbonyl (C=O) groups excluding carboxylic acids is 1. The maximum Gasteiger partial charge on any atom is 0.340 e. The minimum Gasteiger partial charge on any atom is -0.489 e. The molecule has 1 aromatic heterocycles. The Kier molecular flexibility index (Phi) is 4.30. The zero-order valence-electron chi connectivity index (χ0n) is 14.5. The second-order valence-corrected chi connectivity index (χ2v) is 5.98. The van der Waals surface area contributed by atoms with Gasteiger partial charge in [-0.15, -0.1) is 4.91 Å². The third-order valence-corrected chi connectivity index (χ3v) is 4.31. The van der Waals surface area contributed by atoms with Gasteiger partial charge in [0.15, 0.2) is 0 Å². The van der Waals surface area contributed by atoms with Crippen molar-refractivity contribution in [1.29, 1.82) is 0 Å². The lowest BCUT2D eigenvalue weighted by atomic mass is 10.1. The number of ether oxygens (including phenoxy) is 2. The summed E-state index contributed by atoms with van der Waals surface area (Å²) in [5, 5.41) is 4.40. The number of furan rings is 1. The Morgan fingerprint density at radius 1 is 1.00 bits per heavy atom. The number of hydrogen-bond acceptors (Lipinski definition) is 6. The zero-order valence-corrected chi connectivity index (χ0v) is 14.5. The van der Waals surface area contributed by atoms with Crippen LogP contribution in [0.3, 0.4) is 0 Å². The minimum absolute atomic E-state index is 0.00709. The van der Waals surface area contributed by atoms with Crippen molar-refractivity contribution >= 4 is 33.6 Å². The molecule has 0 aliphatic heterocycles. The fourth-order valence-electron chi connectivity index (χ4n) is 2.97. The molecule has 134 valence electrons. The minimum atomic E-state index is -0.640. The predicted molar refractivity (Wildman–Crippen MR) is 101 cm³/mol. The topological polar surface area (TPSA) is 78.1 Å². The maximum atomic E-state index is 11.8. The molecule has 0 atom stereocenters. The average molecular weight is 361 g/mol. The van der Waals surface area contributed by atoms with E-state index < -0.39 is 5.97 Å². The SMILES string of the molecule is COC(=O)c1cc2oc3ccc(OCc4ccccc4)cc3c2cc1N=O. The first-order valence-electron chi connectivity index (χ1n) is 8.28. The molecule has 0 radical (unpaired) electrons. The second-order valence-electron chi connectivity index (χ2n) is 5.98. The Morgan fingerprint density at radius 3 is 2.52 bits per heavy atom. The number of rotatable bonds is 5. The van der Waals surface area contributed by atoms with Crippen molar-refractivity contribution in [2.75, 3.05) is 7.11 Å². The summed E-state index contributed by atoms with van der Waals surface area (Å²) in [5.41, 5.74) is 2.23. The van der Waals surface area contributed by atoms with E-state index in [-0.39, 0.29) is 11.3 Å². The van der Waals surface area contributed by atoms with E-state index in [4.69, 9.17) is 13.9 Å². The van der Waals surface area contributed by atoms with Gasteiger partial charge in [-0.2, -0.15) is 0 Å². The molecule has 27 heavy (non-hydrogen) atoms. The Hall–Kier alpha value is -3.67. The van der Waals surface area contributed by atoms with E-state index in [1.807, 2.05) is 42.5 Å². The van der Waals surface area contributed by atoms with Crippen molar-refractivity contribution in [2.24, 2.45) is 5.18 Å². The Labute approximate surface area is 154 Å². The lowest BCUT2D eigenvalue weighted by Gasteiger charge is -2.06. The first-order chi connectivity index (χ1) is 13.2. The molecule has 4 rings (SSSR count). The number of methoxy groups -OCH3 is 1. The third kappa shape index (κ3) is 3.13. The molecule has 0 bridgehead atoms. The summed E-state index contributed by atoms with van der Waals surface area (Å²) in [7, 11) is 1.25. The molecule has 0 saturated carbocycles. The van der Waals surface area contributed by atoms with Crippen LogP contribution in [0.1, 0.15) is 15.9 Å². The van der Waals surface area contributed by atoms with Gasteiger partial charge in [0.25, 0.3) is 0 Å². The van der Waals surface area contributed by atoms with Crippen LogP contribution in [0, 0.1) is 4.91 Å². The monoisotopic (exact) mass is 361 g/mol. The van der Waals surface area contributed by atoms with Crippen LogP contribution in [0.5, 0.6) is 5.75 Å². The molecule has 0 N–H and O–H groups in total. The fourth-order valence-corrected chi connectivity index (χ4v) is 2.97. The highest BCUT2D eigenvalue weighted by atomic mass is 16.5. The van der Waals surface area contributed by atoms with Crippen molar-refractivity contribution in [3.05, 3.63) is 76.7 Å². The van der Waals surface area contributed by atoms with Crippen LogP contribution in [0.15, 0.2) is 70.3 Å². The molecule has 0 saturated heterocycles. The smallest absolute Gasteiger partial charge is 0.340 e. The molecule has 4 aromatic rings. The number of hydrogen-bond donors (Lipinski definition) is 0. The van der Waals surface area contributed by atoms with E-state index >= 15 is 0 Å². The van der Waals surface area contributed by atoms with Crippen LogP contribution in [0.2, 0.25) is 0 Å². The van der Waals surface area contributed by atoms with Crippen LogP contribution in [-0.4, -0.2) is 13.1 Å². The molecule has 6 nitrogen and oxygen atoms in total. The molecular formula is C21H15NO5. The number of fused-ring (bicyclic) bond motifs is 3. The zero-order chi connectivity index (χ0) is 18.8. The highest BCUT2D eigenvalue weighted by molar-refractivity contribution is 6.09. The maximum absolute atomic E-state index is 11.8. The molecule has 0 unspecified atom stereocenters. The Bertz CT molecular complexity index is 1150. The van der Waals surface area contributed by atoms with E-state index in [9.17, 15) is 9.70 Å². The second kappa shape index (κ2) is 6.92. The lowest BCUT2D eigenvalue weighted by molar-refractivity contribution is 0.0601. The van der Waals surface area contributed by atoms with Crippen molar-refractivity contribution in [3.8, 4) is 5.75 Å². The number of nitrogens with zero attached hydrogens (tertiary/aromatic N) is 1. The van der Waals surface area contributed by atoms with Gasteiger partial charge in [-0.05, 0) is 41.1 Å². The highest BCUT2D eigenvalue weighted by Gasteiger charge is 2.18. The first kappa shape index (κ1) is 16.8. The summed E-state index contributed by atoms with van der Waals surface area (Å²) in [6, 6.07) is 18.3. The summed E-state index contributed by atoms with van der Waals surface area (Å²) >= 11 is 0. The molecular weight excluding hydrogens is 346 g/mol. The molecule has 0 spiro atoms. The highest BCUT2D eigenvalue weighted by Crippen LogP contribution is 2.36. The van der Waals surface area contributed by atoms with Crippen molar-refractivity contribution in [1.82, 2.24) is 0 Å². The Balaban J connectivity index is 1.75. The van der Waals surface area contributed by atoms with Gasteiger partial charge in [0.1, 0.15) is 29.2 Å². The number of carbonyl (C=O) groups is 1. The normalized spacial score (nSPS) is 10.9. The summed E-state index contributed by atoms with van der Waals surface area (Å²) in [5.74, 6) is 0.0329. The van der Waals surface area contributed by atoms with Gasteiger partial charge >= 0.3 is 5.97 Å². The van der Waals surface area contributed by atoms with E-state index in [0.29, 0.717) is 28.9 Å². The standard InChI is InChI=1S/C21H15NO5/c1-25-21(23)17-11-20-16(10-18(17)22-24)15-9-14(7-8-19(15)27-20)26-12-13-5-3-2-4-6-13/h2-11H,12H2,1H3. The Morgan fingerprint density at radius 2 is 1.78 bits per heavy atom. The summed E-state index contributed by atoms with van der Waals surface area (Å²) in [4.78, 5) is 23.0. The average Bonchev–Trinajstić information content (AvgIpc) is 3.08. The number of esters is 1. The van der Waals surface area contributed by atoms with Crippen molar-refractivity contribution < 1.29 is 18.7 Å². The molecule has 6 heteroatoms. The molecule has 0 fully saturated rings. The molecule has 0 aliphatic rings. The van der Waals surface area contributed by atoms with Crippen LogP contribution >= 0.6 is 0 Å². The van der Waals surface area contributed by atoms with E-state index in [2.05, 4.69) is 5.18 Å². The van der Waals surface area contributed by atoms with Crippen molar-refractivity contribution in [2.45, 2.75) is 6.61 Å². The van der Waals surface area contributed by atoms with Gasteiger partial charge in [0.05, 0.1) is 12.7 Å². The van der Waals surface area contributed by atoms with E-state index in [1.54, 1.807) is 6.07 Å². The van der Waals surface area contributed by atoms with Crippen molar-refractivity contribution in [3.63, 3.8) is 0 Å². The number of benzene rings is 3. The van der Waals surface area contributed by atoms with Crippen LogP contribution in [-0.2, 0) is 11.3 Å². The quantitative estimate of drug-likeness (QED) is 0.354.